The van der Waals surface area contributed by atoms with Gasteiger partial charge in [-0.3, -0.25) is 4.72 Å². The molecule has 2 heterocycles. The molecule has 0 saturated heterocycles. The fraction of sp³-hybridized carbons (Fsp3) is 0. The van der Waals surface area contributed by atoms with Crippen molar-refractivity contribution in [1.29, 1.82) is 0 Å². The fourth-order valence-corrected chi connectivity index (χ4v) is 4.43. The number of aromatic hydroxyl groups is 1. The van der Waals surface area contributed by atoms with Gasteiger partial charge in [-0.25, -0.2) is 23.2 Å². The van der Waals surface area contributed by atoms with Crippen molar-refractivity contribution in [3.05, 3.63) is 65.8 Å². The molecule has 0 amide bonds. The number of fused-ring (bicyclic) bond motifs is 1. The summed E-state index contributed by atoms with van der Waals surface area (Å²) >= 11 is 1.17. The number of carboxylic acid groups (broad SMARTS) is 1. The number of hydrogen-bond acceptors (Lipinski definition) is 9. The average Bonchev–Trinajstić information content (AvgIpc) is 3.26. The summed E-state index contributed by atoms with van der Waals surface area (Å²) in [5.41, 5.74) is 0.634. The van der Waals surface area contributed by atoms with Crippen LogP contribution in [0, 0.1) is 0 Å². The zero-order valence-corrected chi connectivity index (χ0v) is 17.1. The topological polar surface area (TPSA) is 154 Å². The van der Waals surface area contributed by atoms with Crippen LogP contribution in [0.1, 0.15) is 10.5 Å². The molecule has 0 radical (unpaired) electrons. The molecule has 0 bridgehead atoms. The van der Waals surface area contributed by atoms with Gasteiger partial charge < -0.3 is 10.2 Å². The molecule has 10 nitrogen and oxygen atoms in total. The Labute approximate surface area is 179 Å². The molecule has 156 valence electrons. The number of nitrogens with zero attached hydrogens (tertiary/aromatic N) is 4. The minimum atomic E-state index is -3.77. The van der Waals surface area contributed by atoms with Crippen LogP contribution in [0.2, 0.25) is 0 Å². The monoisotopic (exact) mass is 455 g/mol. The smallest absolute Gasteiger partial charge is 0.354 e. The van der Waals surface area contributed by atoms with Crippen LogP contribution >= 0.6 is 11.3 Å². The van der Waals surface area contributed by atoms with Crippen molar-refractivity contribution < 1.29 is 23.4 Å². The molecule has 0 unspecified atom stereocenters. The van der Waals surface area contributed by atoms with Gasteiger partial charge in [0.05, 0.1) is 16.3 Å². The van der Waals surface area contributed by atoms with Crippen LogP contribution in [0.4, 0.5) is 16.5 Å². The van der Waals surface area contributed by atoms with Crippen LogP contribution in [0.3, 0.4) is 0 Å². The molecular weight excluding hydrogens is 442 g/mol. The van der Waals surface area contributed by atoms with E-state index in [1.54, 1.807) is 5.38 Å². The Bertz CT molecular complexity index is 1400. The number of rotatable bonds is 6. The number of pyridine rings is 1. The zero-order chi connectivity index (χ0) is 22.0. The number of phenols is 1. The van der Waals surface area contributed by atoms with E-state index < -0.39 is 16.0 Å². The Balaban J connectivity index is 1.60. The summed E-state index contributed by atoms with van der Waals surface area (Å²) in [5.74, 6) is -1.40. The Morgan fingerprint density at radius 2 is 1.81 bits per heavy atom. The third-order valence-electron chi connectivity index (χ3n) is 4.11. The van der Waals surface area contributed by atoms with Gasteiger partial charge in [0, 0.05) is 17.0 Å². The zero-order valence-electron chi connectivity index (χ0n) is 15.5. The van der Waals surface area contributed by atoms with E-state index >= 15 is 0 Å². The van der Waals surface area contributed by atoms with Crippen molar-refractivity contribution in [1.82, 2.24) is 9.97 Å². The first-order valence-electron chi connectivity index (χ1n) is 8.64. The second-order valence-electron chi connectivity index (χ2n) is 6.14. The summed E-state index contributed by atoms with van der Waals surface area (Å²) in [6.07, 6.45) is 1.50. The van der Waals surface area contributed by atoms with Gasteiger partial charge in [-0.15, -0.1) is 16.5 Å². The second-order valence-corrected chi connectivity index (χ2v) is 8.72. The van der Waals surface area contributed by atoms with E-state index in [4.69, 9.17) is 5.11 Å². The lowest BCUT2D eigenvalue weighted by molar-refractivity contribution is 0.0691. The van der Waals surface area contributed by atoms with Crippen LogP contribution in [-0.2, 0) is 10.0 Å². The third-order valence-corrected chi connectivity index (χ3v) is 6.28. The molecule has 2 aromatic carbocycles. The summed E-state index contributed by atoms with van der Waals surface area (Å²) in [6, 6.07) is 11.4. The minimum Gasteiger partial charge on any atom is -0.506 e. The summed E-state index contributed by atoms with van der Waals surface area (Å²) in [4.78, 5) is 19.0. The number of aromatic carboxylic acids is 1. The highest BCUT2D eigenvalue weighted by atomic mass is 32.2. The Morgan fingerprint density at radius 1 is 1.03 bits per heavy atom. The highest BCUT2D eigenvalue weighted by molar-refractivity contribution is 7.93. The van der Waals surface area contributed by atoms with Crippen molar-refractivity contribution in [2.24, 2.45) is 10.2 Å². The molecule has 12 heteroatoms. The highest BCUT2D eigenvalue weighted by Crippen LogP contribution is 2.32. The molecule has 0 aliphatic carbocycles. The molecular formula is C19H13N5O5S2. The van der Waals surface area contributed by atoms with Crippen molar-refractivity contribution in [2.45, 2.75) is 4.90 Å². The normalized spacial score (nSPS) is 11.7. The molecule has 0 aliphatic heterocycles. The number of aromatic nitrogens is 2. The Hall–Kier alpha value is -3.90. The van der Waals surface area contributed by atoms with E-state index in [1.807, 2.05) is 0 Å². The van der Waals surface area contributed by atoms with Crippen LogP contribution in [0.15, 0.2) is 75.2 Å². The first-order valence-corrected chi connectivity index (χ1v) is 11.0. The number of nitrogens with one attached hydrogen (secondary N) is 1. The second kappa shape index (κ2) is 8.08. The molecule has 2 aromatic heterocycles. The van der Waals surface area contributed by atoms with E-state index in [0.717, 1.165) is 0 Å². The number of carboxylic acids is 1. The maximum Gasteiger partial charge on any atom is 0.354 e. The van der Waals surface area contributed by atoms with Crippen molar-refractivity contribution in [3.8, 4) is 5.75 Å². The lowest BCUT2D eigenvalue weighted by Gasteiger charge is -2.05. The number of phenolic OH excluding ortho intramolecular Hbond substituents is 1. The molecule has 0 spiro atoms. The van der Waals surface area contributed by atoms with Crippen LogP contribution in [-0.4, -0.2) is 34.6 Å². The maximum absolute atomic E-state index is 12.4. The van der Waals surface area contributed by atoms with E-state index in [2.05, 4.69) is 24.9 Å². The third kappa shape index (κ3) is 4.34. The van der Waals surface area contributed by atoms with Gasteiger partial charge in [0.2, 0.25) is 0 Å². The predicted octanol–water partition coefficient (Wildman–Crippen LogP) is 4.31. The fourth-order valence-electron chi connectivity index (χ4n) is 2.65. The number of thiazole rings is 1. The van der Waals surface area contributed by atoms with Gasteiger partial charge in [0.1, 0.15) is 17.0 Å². The number of hydrogen-bond donors (Lipinski definition) is 3. The number of azo groups is 1. The molecule has 4 aromatic rings. The van der Waals surface area contributed by atoms with E-state index in [0.29, 0.717) is 16.8 Å². The SMILES string of the molecule is O=C(O)c1ccc2c(N=Nc3ccc(S(=O)(=O)Nc4nccs4)cc3)ccc(O)c2n1. The van der Waals surface area contributed by atoms with Crippen molar-refractivity contribution in [3.63, 3.8) is 0 Å². The lowest BCUT2D eigenvalue weighted by atomic mass is 10.1. The number of anilines is 1. The van der Waals surface area contributed by atoms with Crippen molar-refractivity contribution in [2.75, 3.05) is 4.72 Å². The van der Waals surface area contributed by atoms with Crippen molar-refractivity contribution >= 4 is 54.7 Å². The maximum atomic E-state index is 12.4. The molecule has 0 atom stereocenters. The van der Waals surface area contributed by atoms with Gasteiger partial charge in [-0.05, 0) is 48.5 Å². The first-order chi connectivity index (χ1) is 14.8. The molecule has 31 heavy (non-hydrogen) atoms. The molecule has 4 rings (SSSR count). The standard InChI is InChI=1S/C19H13N5O5S2/c25-16-8-7-14(13-5-6-15(18(26)27)21-17(13)16)23-22-11-1-3-12(4-2-11)31(28,29)24-19-20-9-10-30-19/h1-10,25H,(H,20,24)(H,26,27). The molecule has 0 aliphatic rings. The van der Waals surface area contributed by atoms with Crippen LogP contribution in [0.25, 0.3) is 10.9 Å². The lowest BCUT2D eigenvalue weighted by Crippen LogP contribution is -2.12. The van der Waals surface area contributed by atoms with E-state index in [9.17, 15) is 18.3 Å². The Morgan fingerprint density at radius 3 is 2.48 bits per heavy atom. The first kappa shape index (κ1) is 20.4. The summed E-state index contributed by atoms with van der Waals surface area (Å²) in [5, 5.41) is 29.6. The van der Waals surface area contributed by atoms with Gasteiger partial charge >= 0.3 is 5.97 Å². The minimum absolute atomic E-state index is 0.0436. The number of sulfonamides is 1. The highest BCUT2D eigenvalue weighted by Gasteiger charge is 2.15. The average molecular weight is 455 g/mol. The largest absolute Gasteiger partial charge is 0.506 e. The Kier molecular flexibility index (Phi) is 5.31. The van der Waals surface area contributed by atoms with Gasteiger partial charge in [-0.2, -0.15) is 5.11 Å². The van der Waals surface area contributed by atoms with E-state index in [-0.39, 0.29) is 27.0 Å². The quantitative estimate of drug-likeness (QED) is 0.366. The molecule has 0 saturated carbocycles. The van der Waals surface area contributed by atoms with Gasteiger partial charge in [0.25, 0.3) is 10.0 Å². The number of benzene rings is 2. The summed E-state index contributed by atoms with van der Waals surface area (Å²) < 4.78 is 27.1. The van der Waals surface area contributed by atoms with Crippen LogP contribution < -0.4 is 4.72 Å². The molecule has 3 N–H and O–H groups in total. The summed E-state index contributed by atoms with van der Waals surface area (Å²) in [7, 11) is -3.77. The number of carbonyl (C=O) groups is 1. The predicted molar refractivity (Wildman–Crippen MR) is 114 cm³/mol. The summed E-state index contributed by atoms with van der Waals surface area (Å²) in [6.45, 7) is 0. The molecule has 0 fully saturated rings. The van der Waals surface area contributed by atoms with Crippen LogP contribution in [0.5, 0.6) is 5.75 Å². The van der Waals surface area contributed by atoms with E-state index in [1.165, 1.54) is 66.1 Å². The van der Waals surface area contributed by atoms with Gasteiger partial charge in [-0.1, -0.05) is 0 Å². The van der Waals surface area contributed by atoms with Gasteiger partial charge in [0.15, 0.2) is 5.13 Å².